The molecule has 1 aliphatic heterocycles. The average molecular weight is 257 g/mol. The van der Waals surface area contributed by atoms with E-state index in [1.54, 1.807) is 19.5 Å². The molecule has 1 aromatic carbocycles. The van der Waals surface area contributed by atoms with Gasteiger partial charge in [0.05, 0.1) is 25.7 Å². The average Bonchev–Trinajstić information content (AvgIpc) is 2.49. The fraction of sp³-hybridized carbons (Fsp3) is 0.143. The van der Waals surface area contributed by atoms with E-state index in [9.17, 15) is 0 Å². The third-order valence-corrected chi connectivity index (χ3v) is 2.51. The highest BCUT2D eigenvalue weighted by Gasteiger charge is 2.08. The minimum absolute atomic E-state index is 0.408. The summed E-state index contributed by atoms with van der Waals surface area (Å²) in [7, 11) is 1.54. The Kier molecular flexibility index (Phi) is 4.34. The lowest BCUT2D eigenvalue weighted by Gasteiger charge is -2.13. The molecule has 0 saturated heterocycles. The third kappa shape index (κ3) is 3.45. The van der Waals surface area contributed by atoms with E-state index in [0.29, 0.717) is 23.9 Å². The topological polar surface area (TPSA) is 66.7 Å². The molecule has 0 radical (unpaired) electrons. The quantitative estimate of drug-likeness (QED) is 0.627. The first-order chi connectivity index (χ1) is 9.33. The van der Waals surface area contributed by atoms with Crippen molar-refractivity contribution in [3.63, 3.8) is 0 Å². The molecular formula is C14H15N3O2. The molecule has 0 unspecified atom stereocenters. The maximum absolute atomic E-state index is 7.40. The molecule has 1 heterocycles. The van der Waals surface area contributed by atoms with Crippen molar-refractivity contribution in [3.8, 4) is 0 Å². The molecule has 5 heteroatoms. The molecule has 0 fully saturated rings. The molecule has 0 atom stereocenters. The Labute approximate surface area is 111 Å². The molecule has 0 aliphatic carbocycles. The van der Waals surface area contributed by atoms with Crippen molar-refractivity contribution in [1.29, 1.82) is 5.41 Å². The van der Waals surface area contributed by atoms with Gasteiger partial charge in [-0.15, -0.1) is 0 Å². The number of benzene rings is 1. The number of methoxy groups -OCH3 is 1. The van der Waals surface area contributed by atoms with E-state index >= 15 is 0 Å². The summed E-state index contributed by atoms with van der Waals surface area (Å²) in [4.78, 5) is 4.06. The first-order valence-corrected chi connectivity index (χ1v) is 5.79. The summed E-state index contributed by atoms with van der Waals surface area (Å²) >= 11 is 0. The Hall–Kier alpha value is -2.56. The summed E-state index contributed by atoms with van der Waals surface area (Å²) in [5.41, 5.74) is 1.68. The van der Waals surface area contributed by atoms with Gasteiger partial charge in [0, 0.05) is 0 Å². The van der Waals surface area contributed by atoms with Crippen LogP contribution in [0, 0.1) is 5.41 Å². The van der Waals surface area contributed by atoms with Crippen LogP contribution < -0.4 is 5.32 Å². The third-order valence-electron chi connectivity index (χ3n) is 2.51. The highest BCUT2D eigenvalue weighted by atomic mass is 16.5. The van der Waals surface area contributed by atoms with Crippen molar-refractivity contribution in [2.75, 3.05) is 7.11 Å². The summed E-state index contributed by atoms with van der Waals surface area (Å²) < 4.78 is 10.6. The van der Waals surface area contributed by atoms with E-state index in [1.165, 1.54) is 0 Å². The lowest BCUT2D eigenvalue weighted by Crippen LogP contribution is -2.16. The Bertz CT molecular complexity index is 533. The van der Waals surface area contributed by atoms with Crippen molar-refractivity contribution in [3.05, 3.63) is 59.4 Å². The maximum atomic E-state index is 7.40. The second kappa shape index (κ2) is 6.39. The second-order valence-corrected chi connectivity index (χ2v) is 3.79. The van der Waals surface area contributed by atoms with Gasteiger partial charge >= 0.3 is 0 Å². The standard InChI is InChI=1S/C14H15N3O2/c1-18-14-9-16-12(8-17-14)13(7-15)19-10-11-5-3-2-4-6-11/h2-9,15-16H,10H2,1H3/b13-12+,15-7?. The first kappa shape index (κ1) is 12.9. The van der Waals surface area contributed by atoms with E-state index in [-0.39, 0.29) is 0 Å². The molecule has 2 rings (SSSR count). The molecule has 0 aromatic heterocycles. The maximum Gasteiger partial charge on any atom is 0.229 e. The van der Waals surface area contributed by atoms with Crippen molar-refractivity contribution in [1.82, 2.24) is 5.32 Å². The zero-order valence-corrected chi connectivity index (χ0v) is 10.6. The summed E-state index contributed by atoms with van der Waals surface area (Å²) in [6, 6.07) is 9.79. The molecule has 0 saturated carbocycles. The minimum Gasteiger partial charge on any atom is -0.485 e. The molecule has 98 valence electrons. The lowest BCUT2D eigenvalue weighted by molar-refractivity contribution is 0.216. The molecular weight excluding hydrogens is 242 g/mol. The number of nitrogens with one attached hydrogen (secondary N) is 2. The van der Waals surface area contributed by atoms with Crippen LogP contribution in [0.1, 0.15) is 5.56 Å². The number of aliphatic imine (C=N–C) groups is 1. The summed E-state index contributed by atoms with van der Waals surface area (Å²) in [6.45, 7) is 0.408. The Morgan fingerprint density at radius 1 is 1.37 bits per heavy atom. The van der Waals surface area contributed by atoms with Gasteiger partial charge in [-0.2, -0.15) is 0 Å². The van der Waals surface area contributed by atoms with Crippen LogP contribution in [0.25, 0.3) is 0 Å². The normalized spacial score (nSPS) is 16.2. The van der Waals surface area contributed by atoms with Gasteiger partial charge < -0.3 is 20.2 Å². The Morgan fingerprint density at radius 3 is 2.74 bits per heavy atom. The van der Waals surface area contributed by atoms with E-state index in [4.69, 9.17) is 14.9 Å². The fourth-order valence-corrected chi connectivity index (χ4v) is 1.52. The van der Waals surface area contributed by atoms with Gasteiger partial charge in [0.15, 0.2) is 5.76 Å². The Balaban J connectivity index is 2.03. The number of ether oxygens (including phenoxy) is 2. The van der Waals surface area contributed by atoms with E-state index in [2.05, 4.69) is 10.3 Å². The number of hydrogen-bond donors (Lipinski definition) is 2. The van der Waals surface area contributed by atoms with Crippen LogP contribution in [-0.4, -0.2) is 19.5 Å². The van der Waals surface area contributed by atoms with Crippen molar-refractivity contribution < 1.29 is 9.47 Å². The lowest BCUT2D eigenvalue weighted by atomic mass is 10.2. The van der Waals surface area contributed by atoms with E-state index in [0.717, 1.165) is 11.8 Å². The van der Waals surface area contributed by atoms with Crippen LogP contribution in [-0.2, 0) is 16.1 Å². The molecule has 19 heavy (non-hydrogen) atoms. The molecule has 0 amide bonds. The largest absolute Gasteiger partial charge is 0.485 e. The minimum atomic E-state index is 0.408. The van der Waals surface area contributed by atoms with Crippen LogP contribution in [0.4, 0.5) is 0 Å². The Morgan fingerprint density at radius 2 is 2.16 bits per heavy atom. The smallest absolute Gasteiger partial charge is 0.229 e. The predicted octanol–water partition coefficient (Wildman–Crippen LogP) is 2.18. The molecule has 1 aliphatic rings. The van der Waals surface area contributed by atoms with Gasteiger partial charge in [0.25, 0.3) is 0 Å². The van der Waals surface area contributed by atoms with Gasteiger partial charge in [-0.1, -0.05) is 30.3 Å². The molecule has 1 aromatic rings. The predicted molar refractivity (Wildman–Crippen MR) is 73.8 cm³/mol. The second-order valence-electron chi connectivity index (χ2n) is 3.79. The van der Waals surface area contributed by atoms with E-state index in [1.807, 2.05) is 30.3 Å². The van der Waals surface area contributed by atoms with Gasteiger partial charge in [0.2, 0.25) is 5.88 Å². The van der Waals surface area contributed by atoms with Crippen LogP contribution >= 0.6 is 0 Å². The van der Waals surface area contributed by atoms with Gasteiger partial charge in [-0.05, 0) is 5.56 Å². The molecule has 2 N–H and O–H groups in total. The first-order valence-electron chi connectivity index (χ1n) is 5.79. The van der Waals surface area contributed by atoms with Crippen molar-refractivity contribution in [2.24, 2.45) is 4.99 Å². The van der Waals surface area contributed by atoms with Crippen LogP contribution in [0.2, 0.25) is 0 Å². The van der Waals surface area contributed by atoms with Crippen molar-refractivity contribution >= 4 is 12.4 Å². The number of rotatable bonds is 5. The van der Waals surface area contributed by atoms with Gasteiger partial charge in [0.1, 0.15) is 12.3 Å². The summed E-state index contributed by atoms with van der Waals surface area (Å²) in [5, 5.41) is 10.4. The molecule has 0 bridgehead atoms. The van der Waals surface area contributed by atoms with E-state index < -0.39 is 0 Å². The monoisotopic (exact) mass is 257 g/mol. The number of nitrogens with zero attached hydrogens (tertiary/aromatic N) is 1. The zero-order valence-electron chi connectivity index (χ0n) is 10.6. The SMILES string of the molecule is COC1=CN/C(=C(\C=N)OCc2ccccc2)C=N1. The number of allylic oxidation sites excluding steroid dienone is 2. The van der Waals surface area contributed by atoms with Gasteiger partial charge in [-0.3, -0.25) is 0 Å². The van der Waals surface area contributed by atoms with Crippen LogP contribution in [0.5, 0.6) is 0 Å². The fourth-order valence-electron chi connectivity index (χ4n) is 1.52. The number of hydrogen-bond acceptors (Lipinski definition) is 5. The van der Waals surface area contributed by atoms with Gasteiger partial charge in [-0.25, -0.2) is 4.99 Å². The summed E-state index contributed by atoms with van der Waals surface area (Å²) in [6.07, 6.45) is 4.35. The zero-order chi connectivity index (χ0) is 13.5. The molecule has 5 nitrogen and oxygen atoms in total. The summed E-state index contributed by atoms with van der Waals surface area (Å²) in [5.74, 6) is 0.912. The highest BCUT2D eigenvalue weighted by Crippen LogP contribution is 2.10. The van der Waals surface area contributed by atoms with Crippen molar-refractivity contribution in [2.45, 2.75) is 6.61 Å². The highest BCUT2D eigenvalue weighted by molar-refractivity contribution is 5.89. The van der Waals surface area contributed by atoms with Crippen LogP contribution in [0.15, 0.2) is 58.9 Å². The molecule has 0 spiro atoms. The van der Waals surface area contributed by atoms with Crippen LogP contribution in [0.3, 0.4) is 0 Å².